The molecule has 14 aromatic carbocycles. The molecular formula is C104H77F9N8O10. The van der Waals surface area contributed by atoms with E-state index in [-0.39, 0.29) is 138 Å². The van der Waals surface area contributed by atoms with Crippen molar-refractivity contribution < 1.29 is 87.5 Å². The molecule has 6 amide bonds. The van der Waals surface area contributed by atoms with Crippen LogP contribution in [0.2, 0.25) is 0 Å². The van der Waals surface area contributed by atoms with Crippen molar-refractivity contribution in [1.82, 2.24) is 0 Å². The molecule has 0 bridgehead atoms. The number of carbonyl (C=O) groups excluding carboxylic acids is 10. The number of anilines is 8. The Morgan fingerprint density at radius 1 is 0.214 bits per heavy atom. The number of aryl methyl sites for hydroxylation is 3. The highest BCUT2D eigenvalue weighted by molar-refractivity contribution is 6.10. The van der Waals surface area contributed by atoms with E-state index in [1.54, 1.807) is 87.5 Å². The first-order valence-corrected chi connectivity index (χ1v) is 40.6. The fourth-order valence-electron chi connectivity index (χ4n) is 14.8. The number of nitrogens with two attached hydrogens (primary N) is 2. The number of Topliss-reactive ketones (excluding diaryl/α,β-unsaturated/α-hetero) is 4. The van der Waals surface area contributed by atoms with Crippen LogP contribution in [0, 0.1) is 20.8 Å². The molecule has 131 heavy (non-hydrogen) atoms. The van der Waals surface area contributed by atoms with Crippen LogP contribution in [-0.4, -0.2) is 58.6 Å². The first-order chi connectivity index (χ1) is 62.4. The number of rotatable bonds is 27. The van der Waals surface area contributed by atoms with Gasteiger partial charge in [0.25, 0.3) is 35.4 Å². The van der Waals surface area contributed by atoms with Crippen LogP contribution >= 0.6 is 0 Å². The number of alkyl halides is 9. The van der Waals surface area contributed by atoms with Crippen molar-refractivity contribution >= 4 is 104 Å². The van der Waals surface area contributed by atoms with Gasteiger partial charge in [-0.3, -0.25) is 47.9 Å². The third-order valence-electron chi connectivity index (χ3n) is 21.8. The molecule has 0 heterocycles. The minimum absolute atomic E-state index is 0.0524. The van der Waals surface area contributed by atoms with Crippen LogP contribution < -0.4 is 43.4 Å². The first-order valence-electron chi connectivity index (χ1n) is 40.6. The number of ketones is 4. The summed E-state index contributed by atoms with van der Waals surface area (Å²) in [6.45, 7) is 4.79. The van der Waals surface area contributed by atoms with Crippen molar-refractivity contribution in [3.8, 4) is 33.4 Å². The van der Waals surface area contributed by atoms with E-state index >= 15 is 0 Å². The van der Waals surface area contributed by atoms with Crippen molar-refractivity contribution in [2.45, 2.75) is 65.0 Å². The lowest BCUT2D eigenvalue weighted by atomic mass is 9.94. The largest absolute Gasteiger partial charge is 0.417 e. The van der Waals surface area contributed by atoms with Crippen LogP contribution in [-0.2, 0) is 44.2 Å². The van der Waals surface area contributed by atoms with Gasteiger partial charge in [-0.2, -0.15) is 39.5 Å². The minimum atomic E-state index is -4.88. The zero-order valence-corrected chi connectivity index (χ0v) is 69.8. The van der Waals surface area contributed by atoms with Gasteiger partial charge >= 0.3 is 18.5 Å². The lowest BCUT2D eigenvalue weighted by Gasteiger charge is -2.17. The summed E-state index contributed by atoms with van der Waals surface area (Å²) < 4.78 is 132. The maximum atomic E-state index is 14.9. The molecule has 18 nitrogen and oxygen atoms in total. The number of amides is 6. The Morgan fingerprint density at radius 2 is 0.374 bits per heavy atom. The number of halogens is 9. The van der Waals surface area contributed by atoms with Crippen molar-refractivity contribution in [2.24, 2.45) is 0 Å². The van der Waals surface area contributed by atoms with Crippen LogP contribution in [0.1, 0.15) is 159 Å². The van der Waals surface area contributed by atoms with Gasteiger partial charge in [0.15, 0.2) is 23.1 Å². The maximum Gasteiger partial charge on any atom is 0.417 e. The Kier molecular flexibility index (Phi) is 26.6. The second-order valence-electron chi connectivity index (χ2n) is 31.2. The summed E-state index contributed by atoms with van der Waals surface area (Å²) >= 11 is 0. The molecule has 10 N–H and O–H groups in total. The average molecular weight is 1770 g/mol. The third-order valence-corrected chi connectivity index (χ3v) is 21.8. The smallest absolute Gasteiger partial charge is 0.399 e. The monoisotopic (exact) mass is 1770 g/mol. The molecule has 0 aliphatic rings. The Labute approximate surface area is 744 Å². The van der Waals surface area contributed by atoms with E-state index in [9.17, 15) is 87.5 Å². The molecule has 656 valence electrons. The van der Waals surface area contributed by atoms with Crippen molar-refractivity contribution in [3.63, 3.8) is 0 Å². The van der Waals surface area contributed by atoms with Crippen molar-refractivity contribution in [1.29, 1.82) is 0 Å². The second-order valence-corrected chi connectivity index (χ2v) is 31.2. The molecule has 0 aromatic heterocycles. The normalized spacial score (nSPS) is 11.4. The quantitative estimate of drug-likeness (QED) is 0.0135. The Morgan fingerprint density at radius 3 is 0.550 bits per heavy atom. The summed E-state index contributed by atoms with van der Waals surface area (Å²) in [6, 6.07) is 72.2. The molecule has 0 atom stereocenters. The molecule has 0 unspecified atom stereocenters. The summed E-state index contributed by atoms with van der Waals surface area (Å²) in [6.07, 6.45) is -14.8. The van der Waals surface area contributed by atoms with Gasteiger partial charge in [0.05, 0.1) is 16.7 Å². The number of benzene rings is 14. The van der Waals surface area contributed by atoms with E-state index in [2.05, 4.69) is 31.9 Å². The highest BCUT2D eigenvalue weighted by atomic mass is 19.4. The second kappa shape index (κ2) is 38.4. The van der Waals surface area contributed by atoms with Gasteiger partial charge in [0, 0.05) is 127 Å². The van der Waals surface area contributed by atoms with E-state index in [1.165, 1.54) is 218 Å². The number of hydrogen-bond acceptors (Lipinski definition) is 12. The molecule has 0 aliphatic heterocycles. The molecule has 0 spiro atoms. The summed E-state index contributed by atoms with van der Waals surface area (Å²) in [5.74, 6) is -4.74. The summed E-state index contributed by atoms with van der Waals surface area (Å²) in [5, 5.41) is 15.8. The topological polar surface area (TPSA) is 295 Å². The van der Waals surface area contributed by atoms with Crippen LogP contribution in [0.4, 0.5) is 85.0 Å². The lowest BCUT2D eigenvalue weighted by Crippen LogP contribution is -2.14. The van der Waals surface area contributed by atoms with Gasteiger partial charge in [0.1, 0.15) is 0 Å². The zero-order valence-electron chi connectivity index (χ0n) is 69.8. The van der Waals surface area contributed by atoms with Gasteiger partial charge in [-0.25, -0.2) is 0 Å². The lowest BCUT2D eigenvalue weighted by molar-refractivity contribution is -0.137. The minimum Gasteiger partial charge on any atom is -0.399 e. The van der Waals surface area contributed by atoms with E-state index in [0.717, 1.165) is 18.2 Å². The number of carbonyl (C=O) groups is 10. The summed E-state index contributed by atoms with van der Waals surface area (Å²) in [4.78, 5) is 133. The van der Waals surface area contributed by atoms with E-state index in [4.69, 9.17) is 11.5 Å². The van der Waals surface area contributed by atoms with Gasteiger partial charge in [-0.05, 0) is 263 Å². The molecule has 0 saturated heterocycles. The van der Waals surface area contributed by atoms with Crippen molar-refractivity contribution in [3.05, 3.63) is 415 Å². The van der Waals surface area contributed by atoms with Crippen LogP contribution in [0.15, 0.2) is 303 Å². The van der Waals surface area contributed by atoms with E-state index in [1.807, 2.05) is 0 Å². The standard InChI is InChI=1S/C104H77F9N8O10/c1-58-48-77(116-96(126)69-12-4-61(5-13-69)51-92(122)65-20-26-68(27-21-65)95(125)54-64-10-18-72(19-11-64)99(129)120-81-40-46-87(90(56-81)103(108,109)110)85-44-38-79(50-60(85)3)118-100(130)73-28-32-75(114)33-29-73)36-42-83(58)86-45-39-80(55-89(86)102(105,106)107)119-98(128)71-16-8-63(9-17-71)53-94(124)67-24-22-66(23-25-67)93(123)52-62-6-14-70(15-7-62)97(127)117-78-37-43-84(59(2)49-78)88-47-41-82(57-91(88)104(111,112)113)121-101(131)74-30-34-76(115)35-31-74/h4-50,55-57H,51-54,114-115H2,1-3H3,(H,116,126)(H,117,127)(H,118,130)(H,119,128)(H,120,129)(H,121,131). The number of nitrogens with one attached hydrogen (secondary N) is 6. The number of nitrogen functional groups attached to an aromatic ring is 2. The first kappa shape index (κ1) is 90.8. The highest BCUT2D eigenvalue weighted by Gasteiger charge is 2.38. The molecule has 0 fully saturated rings. The van der Waals surface area contributed by atoms with Crippen LogP contribution in [0.5, 0.6) is 0 Å². The predicted octanol–water partition coefficient (Wildman–Crippen LogP) is 23.0. The molecular weight excluding hydrogens is 1690 g/mol. The maximum absolute atomic E-state index is 14.9. The van der Waals surface area contributed by atoms with Gasteiger partial charge in [-0.15, -0.1) is 0 Å². The summed E-state index contributed by atoms with van der Waals surface area (Å²) in [7, 11) is 0. The number of hydrogen-bond donors (Lipinski definition) is 8. The van der Waals surface area contributed by atoms with Gasteiger partial charge < -0.3 is 43.4 Å². The van der Waals surface area contributed by atoms with E-state index < -0.39 is 70.7 Å². The van der Waals surface area contributed by atoms with Gasteiger partial charge in [-0.1, -0.05) is 133 Å². The molecule has 0 saturated carbocycles. The fraction of sp³-hybridized carbons (Fsp3) is 0.0962. The van der Waals surface area contributed by atoms with Crippen LogP contribution in [0.3, 0.4) is 0 Å². The third kappa shape index (κ3) is 22.3. The predicted molar refractivity (Wildman–Crippen MR) is 485 cm³/mol. The molecule has 0 aliphatic carbocycles. The zero-order chi connectivity index (χ0) is 93.3. The molecule has 14 aromatic rings. The Bertz CT molecular complexity index is 6820. The Balaban J connectivity index is 0.512. The summed E-state index contributed by atoms with van der Waals surface area (Å²) in [5.41, 5.74) is 15.9. The highest BCUT2D eigenvalue weighted by Crippen LogP contribution is 2.44. The molecule has 0 radical (unpaired) electrons. The average Bonchev–Trinajstić information content (AvgIpc) is 0.786. The SMILES string of the molecule is Cc1cc(NC(=O)c2ccc(CC(=O)c3ccc(C(=O)Cc4ccc(C(=O)Nc5ccc(-c6ccc(NC(=O)c7ccc(CC(=O)c8ccc(C(=O)Cc9ccc(C(=O)Nc%10ccc(-c%11ccc(NC(=O)c%12ccc(N)cc%12)cc%11C)c(C(F)(F)F)c%10)cc9)cc8)cc7)cc6C)c(C(F)(F)F)c5)cc4)cc3)cc2)ccc1-c1ccc(NC(=O)c2ccc(N)cc2)cc1C(F)(F)F. The van der Waals surface area contributed by atoms with E-state index in [0.29, 0.717) is 83.9 Å². The molecule has 27 heteroatoms. The van der Waals surface area contributed by atoms with Crippen LogP contribution in [0.25, 0.3) is 33.4 Å². The Hall–Kier alpha value is -16.5. The molecule has 14 rings (SSSR count). The van der Waals surface area contributed by atoms with Gasteiger partial charge in [0.2, 0.25) is 0 Å². The van der Waals surface area contributed by atoms with Crippen molar-refractivity contribution in [2.75, 3.05) is 43.4 Å². The fourth-order valence-corrected chi connectivity index (χ4v) is 14.8.